The van der Waals surface area contributed by atoms with Crippen LogP contribution in [0.1, 0.15) is 37.4 Å². The first-order valence-electron chi connectivity index (χ1n) is 7.60. The third-order valence-corrected chi connectivity index (χ3v) is 4.69. The fraction of sp³-hybridized carbons (Fsp3) is 0.800. The van der Waals surface area contributed by atoms with Gasteiger partial charge in [-0.2, -0.15) is 0 Å². The molecular weight excluding hydrogens is 238 g/mol. The van der Waals surface area contributed by atoms with Crippen molar-refractivity contribution < 1.29 is 4.74 Å². The van der Waals surface area contributed by atoms with Crippen molar-refractivity contribution in [2.24, 2.45) is 13.0 Å². The van der Waals surface area contributed by atoms with Gasteiger partial charge in [0.15, 0.2) is 0 Å². The van der Waals surface area contributed by atoms with Gasteiger partial charge in [0, 0.05) is 38.6 Å². The maximum absolute atomic E-state index is 5.45. The largest absolute Gasteiger partial charge is 0.381 e. The van der Waals surface area contributed by atoms with Gasteiger partial charge in [0.05, 0.1) is 0 Å². The predicted octanol–water partition coefficient (Wildman–Crippen LogP) is 2.03. The summed E-state index contributed by atoms with van der Waals surface area (Å²) in [5.74, 6) is 2.74. The quantitative estimate of drug-likeness (QED) is 0.832. The van der Waals surface area contributed by atoms with E-state index in [1.54, 1.807) is 0 Å². The Morgan fingerprint density at radius 3 is 2.79 bits per heavy atom. The molecule has 1 atom stereocenters. The third kappa shape index (κ3) is 3.18. The summed E-state index contributed by atoms with van der Waals surface area (Å²) in [4.78, 5) is 7.12. The van der Waals surface area contributed by atoms with Gasteiger partial charge in [-0.25, -0.2) is 4.98 Å². The standard InChI is InChI=1S/C15H25N3O/c1-17-10-6-16-15(17)14-3-8-18(9-4-14)7-2-13-5-11-19-12-13/h6,10,13-14H,2-5,7-9,11-12H2,1H3. The van der Waals surface area contributed by atoms with E-state index in [2.05, 4.69) is 27.7 Å². The molecule has 0 saturated carbocycles. The highest BCUT2D eigenvalue weighted by molar-refractivity contribution is 5.01. The average molecular weight is 263 g/mol. The van der Waals surface area contributed by atoms with Crippen molar-refractivity contribution >= 4 is 0 Å². The van der Waals surface area contributed by atoms with Crippen LogP contribution in [0.2, 0.25) is 0 Å². The van der Waals surface area contributed by atoms with Gasteiger partial charge in [0.2, 0.25) is 0 Å². The molecule has 2 fully saturated rings. The van der Waals surface area contributed by atoms with Crippen molar-refractivity contribution in [1.82, 2.24) is 14.5 Å². The molecule has 2 aliphatic heterocycles. The minimum Gasteiger partial charge on any atom is -0.381 e. The summed E-state index contributed by atoms with van der Waals surface area (Å²) in [5.41, 5.74) is 0. The van der Waals surface area contributed by atoms with E-state index in [1.807, 2.05) is 6.20 Å². The molecule has 4 nitrogen and oxygen atoms in total. The molecule has 0 radical (unpaired) electrons. The van der Waals surface area contributed by atoms with Crippen LogP contribution >= 0.6 is 0 Å². The number of ether oxygens (including phenoxy) is 1. The summed E-state index contributed by atoms with van der Waals surface area (Å²) in [6, 6.07) is 0. The molecule has 1 unspecified atom stereocenters. The maximum Gasteiger partial charge on any atom is 0.111 e. The first kappa shape index (κ1) is 13.1. The zero-order valence-corrected chi connectivity index (χ0v) is 11.9. The van der Waals surface area contributed by atoms with Crippen LogP contribution in [0.25, 0.3) is 0 Å². The van der Waals surface area contributed by atoms with Crippen LogP contribution in [0, 0.1) is 5.92 Å². The molecule has 1 aromatic rings. The number of aromatic nitrogens is 2. The van der Waals surface area contributed by atoms with Gasteiger partial charge < -0.3 is 14.2 Å². The van der Waals surface area contributed by atoms with E-state index in [1.165, 1.54) is 51.1 Å². The van der Waals surface area contributed by atoms with E-state index in [4.69, 9.17) is 4.74 Å². The van der Waals surface area contributed by atoms with Crippen LogP contribution < -0.4 is 0 Å². The number of piperidine rings is 1. The molecular formula is C15H25N3O. The molecule has 1 aromatic heterocycles. The van der Waals surface area contributed by atoms with Crippen LogP contribution in [0.4, 0.5) is 0 Å². The minimum absolute atomic E-state index is 0.658. The number of rotatable bonds is 4. The monoisotopic (exact) mass is 263 g/mol. The first-order valence-corrected chi connectivity index (χ1v) is 7.60. The van der Waals surface area contributed by atoms with Crippen molar-refractivity contribution in [2.75, 3.05) is 32.8 Å². The number of hydrogen-bond donors (Lipinski definition) is 0. The lowest BCUT2D eigenvalue weighted by atomic mass is 9.95. The highest BCUT2D eigenvalue weighted by atomic mass is 16.5. The Balaban J connectivity index is 1.43. The van der Waals surface area contributed by atoms with E-state index in [0.29, 0.717) is 5.92 Å². The molecule has 0 N–H and O–H groups in total. The summed E-state index contributed by atoms with van der Waals surface area (Å²) in [5, 5.41) is 0. The normalized spacial score (nSPS) is 26.1. The minimum atomic E-state index is 0.658. The molecule has 0 aromatic carbocycles. The lowest BCUT2D eigenvalue weighted by Gasteiger charge is -2.32. The lowest BCUT2D eigenvalue weighted by Crippen LogP contribution is -2.35. The van der Waals surface area contributed by atoms with Crippen LogP contribution in [-0.4, -0.2) is 47.3 Å². The zero-order valence-electron chi connectivity index (χ0n) is 11.9. The summed E-state index contributed by atoms with van der Waals surface area (Å²) in [6.07, 6.45) is 9.07. The SMILES string of the molecule is Cn1ccnc1C1CCN(CCC2CCOC2)CC1. The Hall–Kier alpha value is -0.870. The second kappa shape index (κ2) is 6.06. The van der Waals surface area contributed by atoms with E-state index >= 15 is 0 Å². The Morgan fingerprint density at radius 2 is 2.16 bits per heavy atom. The van der Waals surface area contributed by atoms with E-state index in [-0.39, 0.29) is 0 Å². The molecule has 3 rings (SSSR count). The van der Waals surface area contributed by atoms with Crippen molar-refractivity contribution in [3.05, 3.63) is 18.2 Å². The second-order valence-corrected chi connectivity index (χ2v) is 6.03. The van der Waals surface area contributed by atoms with Gasteiger partial charge in [-0.1, -0.05) is 0 Å². The van der Waals surface area contributed by atoms with Crippen LogP contribution in [0.5, 0.6) is 0 Å². The van der Waals surface area contributed by atoms with Crippen LogP contribution in [0.3, 0.4) is 0 Å². The number of hydrogen-bond acceptors (Lipinski definition) is 3. The number of likely N-dealkylation sites (tertiary alicyclic amines) is 1. The number of nitrogens with zero attached hydrogens (tertiary/aromatic N) is 3. The Labute approximate surface area is 115 Å². The van der Waals surface area contributed by atoms with Gasteiger partial charge in [0.1, 0.15) is 5.82 Å². The highest BCUT2D eigenvalue weighted by Gasteiger charge is 2.24. The molecule has 19 heavy (non-hydrogen) atoms. The molecule has 4 heteroatoms. The molecule has 0 amide bonds. The average Bonchev–Trinajstić information content (AvgIpc) is 3.08. The Morgan fingerprint density at radius 1 is 1.32 bits per heavy atom. The van der Waals surface area contributed by atoms with E-state index < -0.39 is 0 Å². The molecule has 3 heterocycles. The van der Waals surface area contributed by atoms with E-state index in [9.17, 15) is 0 Å². The van der Waals surface area contributed by atoms with Crippen LogP contribution in [0.15, 0.2) is 12.4 Å². The van der Waals surface area contributed by atoms with Crippen molar-refractivity contribution in [2.45, 2.75) is 31.6 Å². The van der Waals surface area contributed by atoms with Gasteiger partial charge in [0.25, 0.3) is 0 Å². The second-order valence-electron chi connectivity index (χ2n) is 6.03. The van der Waals surface area contributed by atoms with Crippen molar-refractivity contribution in [3.63, 3.8) is 0 Å². The molecule has 2 saturated heterocycles. The third-order valence-electron chi connectivity index (χ3n) is 4.69. The first-order chi connectivity index (χ1) is 9.33. The molecule has 2 aliphatic rings. The van der Waals surface area contributed by atoms with E-state index in [0.717, 1.165) is 19.1 Å². The number of aryl methyl sites for hydroxylation is 1. The number of imidazole rings is 1. The van der Waals surface area contributed by atoms with Gasteiger partial charge in [-0.15, -0.1) is 0 Å². The van der Waals surface area contributed by atoms with Crippen LogP contribution in [-0.2, 0) is 11.8 Å². The smallest absolute Gasteiger partial charge is 0.111 e. The predicted molar refractivity (Wildman–Crippen MR) is 75.2 cm³/mol. The lowest BCUT2D eigenvalue weighted by molar-refractivity contribution is 0.168. The molecule has 0 spiro atoms. The molecule has 0 aliphatic carbocycles. The fourth-order valence-electron chi connectivity index (χ4n) is 3.36. The summed E-state index contributed by atoms with van der Waals surface area (Å²) >= 11 is 0. The van der Waals surface area contributed by atoms with Crippen molar-refractivity contribution in [1.29, 1.82) is 0 Å². The summed E-state index contributed by atoms with van der Waals surface area (Å²) < 4.78 is 7.62. The van der Waals surface area contributed by atoms with Gasteiger partial charge in [-0.05, 0) is 51.2 Å². The molecule has 106 valence electrons. The topological polar surface area (TPSA) is 30.3 Å². The van der Waals surface area contributed by atoms with Gasteiger partial charge in [-0.3, -0.25) is 0 Å². The maximum atomic E-state index is 5.45. The summed E-state index contributed by atoms with van der Waals surface area (Å²) in [6.45, 7) is 5.67. The Kier molecular flexibility index (Phi) is 4.18. The molecule has 0 bridgehead atoms. The van der Waals surface area contributed by atoms with Crippen molar-refractivity contribution in [3.8, 4) is 0 Å². The summed E-state index contributed by atoms with van der Waals surface area (Å²) in [7, 11) is 2.11. The van der Waals surface area contributed by atoms with Gasteiger partial charge >= 0.3 is 0 Å². The fourth-order valence-corrected chi connectivity index (χ4v) is 3.36. The Bertz CT molecular complexity index is 390. The zero-order chi connectivity index (χ0) is 13.1. The highest BCUT2D eigenvalue weighted by Crippen LogP contribution is 2.27.